The molecule has 3 rings (SSSR count). The topological polar surface area (TPSA) is 70.2 Å². The lowest BCUT2D eigenvalue weighted by Gasteiger charge is -2.40. The Hall–Kier alpha value is -2.57. The molecule has 2 aliphatic rings. The number of amides is 3. The molecule has 152 valence electrons. The van der Waals surface area contributed by atoms with E-state index in [1.54, 1.807) is 38.4 Å². The van der Waals surface area contributed by atoms with Gasteiger partial charge in [-0.25, -0.2) is 0 Å². The van der Waals surface area contributed by atoms with E-state index in [-0.39, 0.29) is 30.4 Å². The van der Waals surface area contributed by atoms with Crippen LogP contribution in [-0.2, 0) is 9.59 Å². The number of piperidine rings is 2. The van der Waals surface area contributed by atoms with E-state index in [0.29, 0.717) is 30.8 Å². The summed E-state index contributed by atoms with van der Waals surface area (Å²) in [7, 11) is 3.33. The SMILES string of the molecule is CN(C)C(=O)COc1ccccc1C(=O)N1CCC(N2CCCCC2=O)CC1. The molecule has 0 bridgehead atoms. The number of ether oxygens (including phenoxy) is 1. The van der Waals surface area contributed by atoms with Gasteiger partial charge in [-0.1, -0.05) is 12.1 Å². The van der Waals surface area contributed by atoms with E-state index in [9.17, 15) is 14.4 Å². The summed E-state index contributed by atoms with van der Waals surface area (Å²) in [6, 6.07) is 7.28. The maximum absolute atomic E-state index is 13.0. The highest BCUT2D eigenvalue weighted by Gasteiger charge is 2.31. The first-order valence-corrected chi connectivity index (χ1v) is 9.98. The third kappa shape index (κ3) is 4.64. The van der Waals surface area contributed by atoms with Crippen molar-refractivity contribution in [2.24, 2.45) is 0 Å². The lowest BCUT2D eigenvalue weighted by molar-refractivity contribution is -0.136. The number of para-hydroxylation sites is 1. The Morgan fingerprint density at radius 3 is 2.50 bits per heavy atom. The smallest absolute Gasteiger partial charge is 0.259 e. The van der Waals surface area contributed by atoms with E-state index in [2.05, 4.69) is 0 Å². The largest absolute Gasteiger partial charge is 0.483 e. The van der Waals surface area contributed by atoms with Crippen molar-refractivity contribution in [3.05, 3.63) is 29.8 Å². The highest BCUT2D eigenvalue weighted by atomic mass is 16.5. The molecule has 0 N–H and O–H groups in total. The average Bonchev–Trinajstić information content (AvgIpc) is 2.72. The highest BCUT2D eigenvalue weighted by Crippen LogP contribution is 2.25. The standard InChI is InChI=1S/C21H29N3O4/c1-22(2)20(26)15-28-18-8-4-3-7-17(18)21(27)23-13-10-16(11-14-23)24-12-6-5-9-19(24)25/h3-4,7-8,16H,5-6,9-15H2,1-2H3. The summed E-state index contributed by atoms with van der Waals surface area (Å²) in [6.45, 7) is 1.99. The fourth-order valence-corrected chi connectivity index (χ4v) is 3.80. The number of hydrogen-bond donors (Lipinski definition) is 0. The van der Waals surface area contributed by atoms with Gasteiger partial charge >= 0.3 is 0 Å². The van der Waals surface area contributed by atoms with Crippen LogP contribution >= 0.6 is 0 Å². The summed E-state index contributed by atoms with van der Waals surface area (Å²) in [5, 5.41) is 0. The van der Waals surface area contributed by atoms with Gasteiger partial charge in [0.1, 0.15) is 5.75 Å². The van der Waals surface area contributed by atoms with E-state index in [1.165, 1.54) is 4.90 Å². The summed E-state index contributed by atoms with van der Waals surface area (Å²) in [5.41, 5.74) is 0.474. The van der Waals surface area contributed by atoms with Crippen LogP contribution in [0.25, 0.3) is 0 Å². The number of hydrogen-bond acceptors (Lipinski definition) is 4. The van der Waals surface area contributed by atoms with Crippen molar-refractivity contribution in [1.82, 2.24) is 14.7 Å². The average molecular weight is 387 g/mol. The molecular formula is C21H29N3O4. The van der Waals surface area contributed by atoms with E-state index < -0.39 is 0 Å². The van der Waals surface area contributed by atoms with Gasteiger partial charge in [0.15, 0.2) is 6.61 Å². The predicted molar refractivity (Wildman–Crippen MR) is 105 cm³/mol. The summed E-state index contributed by atoms with van der Waals surface area (Å²) in [6.07, 6.45) is 4.32. The van der Waals surface area contributed by atoms with Crippen LogP contribution in [0.5, 0.6) is 5.75 Å². The summed E-state index contributed by atoms with van der Waals surface area (Å²) >= 11 is 0. The Balaban J connectivity index is 1.60. The molecule has 0 radical (unpaired) electrons. The molecule has 2 aliphatic heterocycles. The van der Waals surface area contributed by atoms with Gasteiger partial charge in [0.25, 0.3) is 11.8 Å². The highest BCUT2D eigenvalue weighted by molar-refractivity contribution is 5.97. The molecule has 0 unspecified atom stereocenters. The Labute approximate surface area is 166 Å². The van der Waals surface area contributed by atoms with Crippen molar-refractivity contribution in [2.75, 3.05) is 40.3 Å². The molecule has 0 spiro atoms. The minimum Gasteiger partial charge on any atom is -0.483 e. The van der Waals surface area contributed by atoms with Crippen LogP contribution in [0.2, 0.25) is 0 Å². The second-order valence-corrected chi connectivity index (χ2v) is 7.64. The van der Waals surface area contributed by atoms with Crippen LogP contribution in [0, 0.1) is 0 Å². The number of likely N-dealkylation sites (tertiary alicyclic amines) is 2. The second kappa shape index (κ2) is 9.08. The van der Waals surface area contributed by atoms with Crippen molar-refractivity contribution >= 4 is 17.7 Å². The van der Waals surface area contributed by atoms with E-state index in [4.69, 9.17) is 4.74 Å². The Morgan fingerprint density at radius 2 is 1.82 bits per heavy atom. The first-order valence-electron chi connectivity index (χ1n) is 9.98. The second-order valence-electron chi connectivity index (χ2n) is 7.64. The number of nitrogens with zero attached hydrogens (tertiary/aromatic N) is 3. The van der Waals surface area contributed by atoms with Crippen molar-refractivity contribution in [3.8, 4) is 5.75 Å². The summed E-state index contributed by atoms with van der Waals surface area (Å²) in [5.74, 6) is 0.432. The van der Waals surface area contributed by atoms with Gasteiger partial charge in [0.2, 0.25) is 5.91 Å². The third-order valence-corrected chi connectivity index (χ3v) is 5.52. The number of likely N-dealkylation sites (N-methyl/N-ethyl adjacent to an activating group) is 1. The quantitative estimate of drug-likeness (QED) is 0.772. The van der Waals surface area contributed by atoms with Gasteiger partial charge in [0, 0.05) is 46.2 Å². The van der Waals surface area contributed by atoms with Crippen molar-refractivity contribution in [3.63, 3.8) is 0 Å². The maximum atomic E-state index is 13.0. The molecule has 0 aliphatic carbocycles. The molecule has 2 heterocycles. The molecule has 0 aromatic heterocycles. The molecule has 7 nitrogen and oxygen atoms in total. The zero-order valence-electron chi connectivity index (χ0n) is 16.7. The van der Waals surface area contributed by atoms with Crippen LogP contribution < -0.4 is 4.74 Å². The van der Waals surface area contributed by atoms with Crippen LogP contribution in [0.4, 0.5) is 0 Å². The van der Waals surface area contributed by atoms with Gasteiger partial charge in [-0.05, 0) is 37.8 Å². The fourth-order valence-electron chi connectivity index (χ4n) is 3.80. The van der Waals surface area contributed by atoms with E-state index >= 15 is 0 Å². The summed E-state index contributed by atoms with van der Waals surface area (Å²) < 4.78 is 5.61. The third-order valence-electron chi connectivity index (χ3n) is 5.52. The molecule has 0 atom stereocenters. The van der Waals surface area contributed by atoms with Crippen LogP contribution in [0.1, 0.15) is 42.5 Å². The predicted octanol–water partition coefficient (Wildman–Crippen LogP) is 1.77. The summed E-state index contributed by atoms with van der Waals surface area (Å²) in [4.78, 5) is 42.2. The van der Waals surface area contributed by atoms with Crippen LogP contribution in [-0.4, -0.2) is 78.8 Å². The van der Waals surface area contributed by atoms with Gasteiger partial charge in [-0.3, -0.25) is 14.4 Å². The van der Waals surface area contributed by atoms with E-state index in [1.807, 2.05) is 9.80 Å². The van der Waals surface area contributed by atoms with Gasteiger partial charge in [0.05, 0.1) is 5.56 Å². The van der Waals surface area contributed by atoms with Crippen LogP contribution in [0.15, 0.2) is 24.3 Å². The first-order chi connectivity index (χ1) is 13.5. The number of rotatable bonds is 5. The fraction of sp³-hybridized carbons (Fsp3) is 0.571. The first kappa shape index (κ1) is 20.2. The Morgan fingerprint density at radius 1 is 1.11 bits per heavy atom. The van der Waals surface area contributed by atoms with E-state index in [0.717, 1.165) is 32.2 Å². The number of benzene rings is 1. The van der Waals surface area contributed by atoms with Crippen LogP contribution in [0.3, 0.4) is 0 Å². The number of carbonyl (C=O) groups excluding carboxylic acids is 3. The minimum absolute atomic E-state index is 0.0867. The lowest BCUT2D eigenvalue weighted by Crippen LogP contribution is -2.50. The Kier molecular flexibility index (Phi) is 6.54. The molecular weight excluding hydrogens is 358 g/mol. The minimum atomic E-state index is -0.158. The maximum Gasteiger partial charge on any atom is 0.259 e. The van der Waals surface area contributed by atoms with Gasteiger partial charge in [-0.2, -0.15) is 0 Å². The van der Waals surface area contributed by atoms with Crippen molar-refractivity contribution < 1.29 is 19.1 Å². The molecule has 1 aromatic carbocycles. The molecule has 2 saturated heterocycles. The number of carbonyl (C=O) groups is 3. The lowest BCUT2D eigenvalue weighted by atomic mass is 9.99. The monoisotopic (exact) mass is 387 g/mol. The zero-order valence-corrected chi connectivity index (χ0v) is 16.7. The van der Waals surface area contributed by atoms with Crippen molar-refractivity contribution in [1.29, 1.82) is 0 Å². The molecule has 28 heavy (non-hydrogen) atoms. The molecule has 0 saturated carbocycles. The normalized spacial score (nSPS) is 18.1. The van der Waals surface area contributed by atoms with Crippen molar-refractivity contribution in [2.45, 2.75) is 38.1 Å². The molecule has 2 fully saturated rings. The molecule has 7 heteroatoms. The Bertz CT molecular complexity index is 726. The molecule has 1 aromatic rings. The zero-order chi connectivity index (χ0) is 20.1. The van der Waals surface area contributed by atoms with Gasteiger partial charge < -0.3 is 19.4 Å². The van der Waals surface area contributed by atoms with Gasteiger partial charge in [-0.15, -0.1) is 0 Å². The molecule has 3 amide bonds.